The van der Waals surface area contributed by atoms with Crippen LogP contribution in [-0.2, 0) is 11.3 Å². The zero-order chi connectivity index (χ0) is 17.1. The minimum absolute atomic E-state index is 0.144. The van der Waals surface area contributed by atoms with E-state index in [9.17, 15) is 4.79 Å². The number of fused-ring (bicyclic) bond motifs is 1. The van der Waals surface area contributed by atoms with Crippen molar-refractivity contribution in [1.29, 1.82) is 0 Å². The number of benzene rings is 1. The van der Waals surface area contributed by atoms with Crippen LogP contribution < -0.4 is 4.74 Å². The molecule has 128 valence electrons. The number of aromatic nitrogens is 2. The van der Waals surface area contributed by atoms with Crippen LogP contribution in [0.5, 0.6) is 5.75 Å². The van der Waals surface area contributed by atoms with E-state index in [4.69, 9.17) is 14.0 Å². The number of pyridine rings is 1. The lowest BCUT2D eigenvalue weighted by molar-refractivity contribution is 0.0296. The zero-order valence-electron chi connectivity index (χ0n) is 13.6. The van der Waals surface area contributed by atoms with E-state index in [1.807, 2.05) is 24.3 Å². The fraction of sp³-hybridized carbons (Fsp3) is 0.278. The maximum atomic E-state index is 12.4. The van der Waals surface area contributed by atoms with E-state index in [1.165, 1.54) is 0 Å². The van der Waals surface area contributed by atoms with Gasteiger partial charge in [0.1, 0.15) is 12.4 Å². The number of carbonyl (C=O) groups is 1. The molecule has 3 aromatic rings. The lowest BCUT2D eigenvalue weighted by Gasteiger charge is -2.25. The molecule has 3 heterocycles. The molecule has 0 spiro atoms. The van der Waals surface area contributed by atoms with Gasteiger partial charge >= 0.3 is 0 Å². The van der Waals surface area contributed by atoms with Crippen LogP contribution in [0.2, 0.25) is 0 Å². The first-order valence-electron chi connectivity index (χ1n) is 8.09. The Hall–Kier alpha value is -2.93. The molecule has 0 saturated carbocycles. The third-order valence-electron chi connectivity index (χ3n) is 4.09. The molecule has 0 aliphatic carbocycles. The van der Waals surface area contributed by atoms with Crippen molar-refractivity contribution in [3.8, 4) is 5.75 Å². The molecule has 1 aliphatic heterocycles. The van der Waals surface area contributed by atoms with Crippen molar-refractivity contribution in [1.82, 2.24) is 15.0 Å². The van der Waals surface area contributed by atoms with Crippen LogP contribution in [0.4, 0.5) is 0 Å². The second-order valence-electron chi connectivity index (χ2n) is 5.72. The van der Waals surface area contributed by atoms with E-state index < -0.39 is 0 Å². The van der Waals surface area contributed by atoms with Crippen molar-refractivity contribution in [2.75, 3.05) is 26.3 Å². The van der Waals surface area contributed by atoms with Gasteiger partial charge in [-0.2, -0.15) is 0 Å². The highest BCUT2D eigenvalue weighted by Crippen LogP contribution is 2.25. The smallest absolute Gasteiger partial charge is 0.276 e. The summed E-state index contributed by atoms with van der Waals surface area (Å²) in [6.45, 7) is 2.44. The summed E-state index contributed by atoms with van der Waals surface area (Å²) in [6, 6.07) is 9.30. The molecule has 0 atom stereocenters. The lowest BCUT2D eigenvalue weighted by atomic mass is 10.1. The van der Waals surface area contributed by atoms with Crippen molar-refractivity contribution in [3.63, 3.8) is 0 Å². The predicted molar refractivity (Wildman–Crippen MR) is 89.3 cm³/mol. The summed E-state index contributed by atoms with van der Waals surface area (Å²) in [4.78, 5) is 18.2. The topological polar surface area (TPSA) is 77.7 Å². The highest BCUT2D eigenvalue weighted by atomic mass is 16.5. The van der Waals surface area contributed by atoms with Crippen LogP contribution in [-0.4, -0.2) is 47.3 Å². The molecule has 2 aromatic heterocycles. The molecule has 1 amide bonds. The number of hydrogen-bond acceptors (Lipinski definition) is 6. The molecule has 1 fully saturated rings. The predicted octanol–water partition coefficient (Wildman–Crippen LogP) is 2.27. The number of rotatable bonds is 4. The van der Waals surface area contributed by atoms with E-state index in [-0.39, 0.29) is 12.5 Å². The third kappa shape index (κ3) is 3.32. The number of morpholine rings is 1. The molecule has 0 unspecified atom stereocenters. The van der Waals surface area contributed by atoms with Gasteiger partial charge in [0, 0.05) is 42.3 Å². The molecule has 0 bridgehead atoms. The number of hydrogen-bond donors (Lipinski definition) is 0. The van der Waals surface area contributed by atoms with Crippen LogP contribution in [0.1, 0.15) is 16.2 Å². The summed E-state index contributed by atoms with van der Waals surface area (Å²) in [7, 11) is 0. The van der Waals surface area contributed by atoms with Crippen LogP contribution in [0.25, 0.3) is 10.8 Å². The Balaban J connectivity index is 1.45. The molecular formula is C18H17N3O4. The molecule has 1 aromatic carbocycles. The third-order valence-corrected chi connectivity index (χ3v) is 4.09. The van der Waals surface area contributed by atoms with Crippen molar-refractivity contribution in [2.24, 2.45) is 0 Å². The summed E-state index contributed by atoms with van der Waals surface area (Å²) in [5, 5.41) is 5.84. The summed E-state index contributed by atoms with van der Waals surface area (Å²) in [6.07, 6.45) is 3.51. The van der Waals surface area contributed by atoms with Gasteiger partial charge in [-0.15, -0.1) is 0 Å². The maximum absolute atomic E-state index is 12.4. The fourth-order valence-corrected chi connectivity index (χ4v) is 2.78. The summed E-state index contributed by atoms with van der Waals surface area (Å²) in [5.41, 5.74) is 0.294. The molecule has 4 rings (SSSR count). The number of nitrogens with zero attached hydrogens (tertiary/aromatic N) is 3. The van der Waals surface area contributed by atoms with E-state index in [0.29, 0.717) is 37.8 Å². The van der Waals surface area contributed by atoms with Gasteiger partial charge in [0.25, 0.3) is 5.91 Å². The fourth-order valence-electron chi connectivity index (χ4n) is 2.78. The van der Waals surface area contributed by atoms with Crippen LogP contribution in [0.3, 0.4) is 0 Å². The number of carbonyl (C=O) groups excluding carboxylic acids is 1. The first-order valence-corrected chi connectivity index (χ1v) is 8.09. The summed E-state index contributed by atoms with van der Waals surface area (Å²) >= 11 is 0. The van der Waals surface area contributed by atoms with E-state index >= 15 is 0 Å². The van der Waals surface area contributed by atoms with E-state index in [1.54, 1.807) is 23.4 Å². The number of ether oxygens (including phenoxy) is 2. The molecule has 0 radical (unpaired) electrons. The maximum Gasteiger partial charge on any atom is 0.276 e. The quantitative estimate of drug-likeness (QED) is 0.726. The van der Waals surface area contributed by atoms with Gasteiger partial charge in [-0.1, -0.05) is 17.3 Å². The molecule has 0 N–H and O–H groups in total. The van der Waals surface area contributed by atoms with Gasteiger partial charge in [-0.3, -0.25) is 9.78 Å². The normalized spacial score (nSPS) is 14.6. The largest absolute Gasteiger partial charge is 0.485 e. The minimum Gasteiger partial charge on any atom is -0.485 e. The van der Waals surface area contributed by atoms with Gasteiger partial charge < -0.3 is 18.9 Å². The van der Waals surface area contributed by atoms with Gasteiger partial charge in [0.2, 0.25) is 0 Å². The van der Waals surface area contributed by atoms with Gasteiger partial charge in [-0.25, -0.2) is 0 Å². The van der Waals surface area contributed by atoms with Crippen molar-refractivity contribution in [2.45, 2.75) is 6.61 Å². The van der Waals surface area contributed by atoms with Gasteiger partial charge in [0.15, 0.2) is 11.5 Å². The molecule has 25 heavy (non-hydrogen) atoms. The van der Waals surface area contributed by atoms with Gasteiger partial charge in [0.05, 0.1) is 13.2 Å². The molecule has 1 aliphatic rings. The Kier molecular flexibility index (Phi) is 4.30. The monoisotopic (exact) mass is 339 g/mol. The minimum atomic E-state index is -0.144. The second-order valence-corrected chi connectivity index (χ2v) is 5.72. The molecule has 1 saturated heterocycles. The summed E-state index contributed by atoms with van der Waals surface area (Å²) < 4.78 is 16.3. The van der Waals surface area contributed by atoms with Crippen LogP contribution in [0.15, 0.2) is 47.2 Å². The van der Waals surface area contributed by atoms with Crippen LogP contribution in [0, 0.1) is 0 Å². The lowest BCUT2D eigenvalue weighted by Crippen LogP contribution is -2.40. The highest BCUT2D eigenvalue weighted by Gasteiger charge is 2.22. The Morgan fingerprint density at radius 2 is 2.12 bits per heavy atom. The van der Waals surface area contributed by atoms with E-state index in [2.05, 4.69) is 10.1 Å². The first kappa shape index (κ1) is 15.6. The molecular weight excluding hydrogens is 322 g/mol. The highest BCUT2D eigenvalue weighted by molar-refractivity contribution is 5.92. The van der Waals surface area contributed by atoms with Crippen LogP contribution >= 0.6 is 0 Å². The second kappa shape index (κ2) is 6.90. The molecule has 7 nitrogen and oxygen atoms in total. The summed E-state index contributed by atoms with van der Waals surface area (Å²) in [5.74, 6) is 1.09. The molecule has 7 heteroatoms. The van der Waals surface area contributed by atoms with Gasteiger partial charge in [-0.05, 0) is 12.1 Å². The number of amides is 1. The SMILES string of the molecule is O=C(c1cc(COc2cccc3cnccc23)on1)N1CCOCC1. The van der Waals surface area contributed by atoms with Crippen molar-refractivity contribution in [3.05, 3.63) is 54.2 Å². The Morgan fingerprint density at radius 1 is 1.24 bits per heavy atom. The standard InChI is InChI=1S/C18H17N3O4/c22-18(21-6-8-23-9-7-21)16-10-14(25-20-16)12-24-17-3-1-2-13-11-19-5-4-15(13)17/h1-5,10-11H,6-9,12H2. The van der Waals surface area contributed by atoms with Crippen molar-refractivity contribution < 1.29 is 18.8 Å². The van der Waals surface area contributed by atoms with Crippen molar-refractivity contribution >= 4 is 16.7 Å². The van der Waals surface area contributed by atoms with E-state index in [0.717, 1.165) is 16.5 Å². The Labute approximate surface area is 144 Å². The average molecular weight is 339 g/mol. The Bertz CT molecular complexity index is 881. The Morgan fingerprint density at radius 3 is 3.00 bits per heavy atom. The first-order chi connectivity index (χ1) is 12.3. The zero-order valence-corrected chi connectivity index (χ0v) is 13.6. The average Bonchev–Trinajstić information content (AvgIpc) is 3.15.